The number of carbonyl (C=O) groups is 1. The van der Waals surface area contributed by atoms with Crippen LogP contribution in [0, 0.1) is 5.92 Å². The Kier molecular flexibility index (Phi) is 5.40. The van der Waals surface area contributed by atoms with Crippen molar-refractivity contribution in [3.8, 4) is 0 Å². The summed E-state index contributed by atoms with van der Waals surface area (Å²) >= 11 is 3.03. The highest BCUT2D eigenvalue weighted by Gasteiger charge is 2.26. The Morgan fingerprint density at radius 3 is 2.52 bits per heavy atom. The molecule has 5 nitrogen and oxygen atoms in total. The molecule has 0 atom stereocenters. The van der Waals surface area contributed by atoms with Crippen molar-refractivity contribution in [3.05, 3.63) is 4.88 Å². The van der Waals surface area contributed by atoms with E-state index in [-0.39, 0.29) is 0 Å². The summed E-state index contributed by atoms with van der Waals surface area (Å²) in [6, 6.07) is 0. The molecule has 1 amide bonds. The van der Waals surface area contributed by atoms with Gasteiger partial charge in [0.2, 0.25) is 0 Å². The van der Waals surface area contributed by atoms with E-state index in [1.54, 1.807) is 11.8 Å². The first-order chi connectivity index (χ1) is 9.93. The Morgan fingerprint density at radius 2 is 2.05 bits per heavy atom. The molecule has 7 heteroatoms. The van der Waals surface area contributed by atoms with E-state index in [9.17, 15) is 4.79 Å². The van der Waals surface area contributed by atoms with E-state index in [0.717, 1.165) is 35.4 Å². The summed E-state index contributed by atoms with van der Waals surface area (Å²) in [5, 5.41) is 1.11. The predicted molar refractivity (Wildman–Crippen MR) is 92.5 cm³/mol. The molecule has 118 valence electrons. The highest BCUT2D eigenvalue weighted by atomic mass is 32.2. The number of primary amides is 1. The number of hydrogen-bond acceptors (Lipinski definition) is 6. The lowest BCUT2D eigenvalue weighted by molar-refractivity contribution is 0.100. The van der Waals surface area contributed by atoms with Crippen molar-refractivity contribution < 1.29 is 4.79 Å². The van der Waals surface area contributed by atoms with Gasteiger partial charge in [-0.1, -0.05) is 0 Å². The SMILES string of the molecule is CSc1c(N2CCC(CN(C)C)CC2)sc(C(N)=O)c1N. The normalized spacial score (nSPS) is 16.7. The smallest absolute Gasteiger partial charge is 0.261 e. The number of anilines is 2. The number of rotatable bonds is 5. The van der Waals surface area contributed by atoms with Crippen LogP contribution in [0.25, 0.3) is 0 Å². The minimum Gasteiger partial charge on any atom is -0.396 e. The lowest BCUT2D eigenvalue weighted by atomic mass is 9.96. The summed E-state index contributed by atoms with van der Waals surface area (Å²) in [7, 11) is 4.24. The zero-order chi connectivity index (χ0) is 15.6. The molecule has 0 radical (unpaired) electrons. The molecule has 21 heavy (non-hydrogen) atoms. The van der Waals surface area contributed by atoms with Crippen LogP contribution < -0.4 is 16.4 Å². The number of amides is 1. The van der Waals surface area contributed by atoms with E-state index < -0.39 is 5.91 Å². The van der Waals surface area contributed by atoms with Crippen molar-refractivity contribution in [2.75, 3.05) is 50.6 Å². The highest BCUT2D eigenvalue weighted by Crippen LogP contribution is 2.44. The molecule has 1 fully saturated rings. The number of piperidine rings is 1. The zero-order valence-corrected chi connectivity index (χ0v) is 14.5. The van der Waals surface area contributed by atoms with E-state index in [0.29, 0.717) is 10.6 Å². The summed E-state index contributed by atoms with van der Waals surface area (Å²) in [6.07, 6.45) is 4.34. The lowest BCUT2D eigenvalue weighted by Crippen LogP contribution is -2.36. The number of thiophene rings is 1. The number of nitrogen functional groups attached to an aromatic ring is 1. The average Bonchev–Trinajstić information content (AvgIpc) is 2.76. The highest BCUT2D eigenvalue weighted by molar-refractivity contribution is 7.99. The topological polar surface area (TPSA) is 75.6 Å². The molecule has 1 aromatic heterocycles. The zero-order valence-electron chi connectivity index (χ0n) is 12.9. The number of thioether (sulfide) groups is 1. The van der Waals surface area contributed by atoms with Crippen molar-refractivity contribution in [2.24, 2.45) is 11.7 Å². The van der Waals surface area contributed by atoms with Gasteiger partial charge in [-0.3, -0.25) is 4.79 Å². The van der Waals surface area contributed by atoms with Crippen LogP contribution in [-0.2, 0) is 0 Å². The minimum atomic E-state index is -0.429. The molecule has 0 aliphatic carbocycles. The lowest BCUT2D eigenvalue weighted by Gasteiger charge is -2.34. The second-order valence-corrected chi connectivity index (χ2v) is 7.56. The molecular weight excluding hydrogens is 304 g/mol. The summed E-state index contributed by atoms with van der Waals surface area (Å²) in [5.74, 6) is 0.323. The fourth-order valence-electron chi connectivity index (χ4n) is 2.84. The average molecular weight is 329 g/mol. The maximum Gasteiger partial charge on any atom is 0.261 e. The molecular formula is C14H24N4OS2. The van der Waals surface area contributed by atoms with Gasteiger partial charge in [-0.05, 0) is 39.1 Å². The number of nitrogens with two attached hydrogens (primary N) is 2. The van der Waals surface area contributed by atoms with Crippen LogP contribution in [0.15, 0.2) is 4.90 Å². The Labute approximate surface area is 134 Å². The summed E-state index contributed by atoms with van der Waals surface area (Å²) in [5.41, 5.74) is 12.0. The van der Waals surface area contributed by atoms with Crippen LogP contribution in [0.1, 0.15) is 22.5 Å². The first-order valence-corrected chi connectivity index (χ1v) is 9.13. The summed E-state index contributed by atoms with van der Waals surface area (Å²) < 4.78 is 0. The van der Waals surface area contributed by atoms with Crippen molar-refractivity contribution in [2.45, 2.75) is 17.7 Å². The third kappa shape index (κ3) is 3.64. The Morgan fingerprint density at radius 1 is 1.43 bits per heavy atom. The second kappa shape index (κ2) is 6.89. The monoisotopic (exact) mass is 328 g/mol. The van der Waals surface area contributed by atoms with Crippen LogP contribution in [0.2, 0.25) is 0 Å². The van der Waals surface area contributed by atoms with Crippen LogP contribution in [0.3, 0.4) is 0 Å². The molecule has 0 spiro atoms. The maximum atomic E-state index is 11.5. The van der Waals surface area contributed by atoms with Crippen LogP contribution in [-0.4, -0.2) is 50.8 Å². The van der Waals surface area contributed by atoms with Gasteiger partial charge >= 0.3 is 0 Å². The molecule has 2 rings (SSSR count). The molecule has 1 saturated heterocycles. The standard InChI is InChI=1S/C14H24N4OS2/c1-17(2)8-9-4-6-18(7-5-9)14-12(20-3)10(15)11(21-14)13(16)19/h9H,4-8,15H2,1-3H3,(H2,16,19). The van der Waals surface area contributed by atoms with Gasteiger partial charge in [-0.15, -0.1) is 23.1 Å². The van der Waals surface area contributed by atoms with E-state index in [1.165, 1.54) is 24.2 Å². The van der Waals surface area contributed by atoms with Crippen LogP contribution in [0.5, 0.6) is 0 Å². The molecule has 4 N–H and O–H groups in total. The molecule has 0 aromatic carbocycles. The molecule has 1 aromatic rings. The largest absolute Gasteiger partial charge is 0.396 e. The van der Waals surface area contributed by atoms with E-state index >= 15 is 0 Å². The Balaban J connectivity index is 2.13. The molecule has 0 saturated carbocycles. The quantitative estimate of drug-likeness (QED) is 0.808. The third-order valence-corrected chi connectivity index (χ3v) is 6.07. The van der Waals surface area contributed by atoms with Crippen LogP contribution in [0.4, 0.5) is 10.7 Å². The maximum absolute atomic E-state index is 11.5. The Bertz CT molecular complexity index is 507. The van der Waals surface area contributed by atoms with Gasteiger partial charge in [0, 0.05) is 19.6 Å². The fourth-order valence-corrected chi connectivity index (χ4v) is 4.93. The van der Waals surface area contributed by atoms with E-state index in [1.807, 2.05) is 6.26 Å². The van der Waals surface area contributed by atoms with E-state index in [4.69, 9.17) is 11.5 Å². The molecule has 2 heterocycles. The minimum absolute atomic E-state index is 0.429. The van der Waals surface area contributed by atoms with Gasteiger partial charge in [0.05, 0.1) is 10.6 Å². The number of hydrogen-bond donors (Lipinski definition) is 2. The van der Waals surface area contributed by atoms with Crippen molar-refractivity contribution in [3.63, 3.8) is 0 Å². The Hall–Kier alpha value is -0.920. The first kappa shape index (κ1) is 16.5. The molecule has 0 bridgehead atoms. The molecule has 1 aliphatic heterocycles. The van der Waals surface area contributed by atoms with Gasteiger partial charge in [0.1, 0.15) is 9.88 Å². The summed E-state index contributed by atoms with van der Waals surface area (Å²) in [4.78, 5) is 17.6. The number of nitrogens with zero attached hydrogens (tertiary/aromatic N) is 2. The predicted octanol–water partition coefficient (Wildman–Crippen LogP) is 1.93. The van der Waals surface area contributed by atoms with Gasteiger partial charge in [0.25, 0.3) is 5.91 Å². The number of carbonyl (C=O) groups excluding carboxylic acids is 1. The van der Waals surface area contributed by atoms with Gasteiger partial charge < -0.3 is 21.3 Å². The van der Waals surface area contributed by atoms with Gasteiger partial charge in [0.15, 0.2) is 0 Å². The van der Waals surface area contributed by atoms with Crippen LogP contribution >= 0.6 is 23.1 Å². The summed E-state index contributed by atoms with van der Waals surface area (Å²) in [6.45, 7) is 3.18. The van der Waals surface area contributed by atoms with Gasteiger partial charge in [-0.2, -0.15) is 0 Å². The van der Waals surface area contributed by atoms with E-state index in [2.05, 4.69) is 23.9 Å². The second-order valence-electron chi connectivity index (χ2n) is 5.74. The van der Waals surface area contributed by atoms with Crippen molar-refractivity contribution in [1.29, 1.82) is 0 Å². The third-order valence-electron chi connectivity index (χ3n) is 3.84. The first-order valence-electron chi connectivity index (χ1n) is 7.09. The molecule has 1 aliphatic rings. The van der Waals surface area contributed by atoms with Crippen molar-refractivity contribution in [1.82, 2.24) is 4.90 Å². The molecule has 0 unspecified atom stereocenters. The van der Waals surface area contributed by atoms with Crippen molar-refractivity contribution >= 4 is 39.7 Å². The fraction of sp³-hybridized carbons (Fsp3) is 0.643. The van der Waals surface area contributed by atoms with Gasteiger partial charge in [-0.25, -0.2) is 0 Å².